The number of hydrogen-bond donors (Lipinski definition) is 0. The van der Waals surface area contributed by atoms with E-state index in [0.29, 0.717) is 0 Å². The molecule has 5 nitrogen and oxygen atoms in total. The second kappa shape index (κ2) is 8.40. The molecule has 2 aromatic heterocycles. The maximum atomic E-state index is 12.7. The van der Waals surface area contributed by atoms with Crippen LogP contribution < -0.4 is 0 Å². The molecule has 3 aromatic rings. The van der Waals surface area contributed by atoms with Crippen molar-refractivity contribution in [3.8, 4) is 0 Å². The molecule has 4 rings (SSSR count). The van der Waals surface area contributed by atoms with Gasteiger partial charge in [0.05, 0.1) is 0 Å². The van der Waals surface area contributed by atoms with Crippen LogP contribution in [-0.4, -0.2) is 46.9 Å². The predicted molar refractivity (Wildman–Crippen MR) is 111 cm³/mol. The lowest BCUT2D eigenvalue weighted by molar-refractivity contribution is -0.127. The van der Waals surface area contributed by atoms with Crippen LogP contribution in [0.1, 0.15) is 23.8 Å². The van der Waals surface area contributed by atoms with Gasteiger partial charge in [-0.2, -0.15) is 0 Å². The average molecular weight is 375 g/mol. The molecule has 1 saturated heterocycles. The lowest BCUT2D eigenvalue weighted by Gasteiger charge is -2.34. The smallest absolute Gasteiger partial charge is 0.246 e. The molecule has 1 aromatic carbocycles. The Kier molecular flexibility index (Phi) is 5.53. The lowest BCUT2D eigenvalue weighted by Crippen LogP contribution is -2.47. The number of benzene rings is 1. The molecule has 0 spiro atoms. The number of carbonyl (C=O) groups is 1. The number of nitrogens with zero attached hydrogens (tertiary/aromatic N) is 3. The van der Waals surface area contributed by atoms with Gasteiger partial charge in [0, 0.05) is 68.6 Å². The molecular formula is C23H25N3O2. The van der Waals surface area contributed by atoms with E-state index in [9.17, 15) is 4.79 Å². The first-order chi connectivity index (χ1) is 13.7. The van der Waals surface area contributed by atoms with Gasteiger partial charge in [0.25, 0.3) is 0 Å². The van der Waals surface area contributed by atoms with Crippen LogP contribution in [0.4, 0.5) is 0 Å². The summed E-state index contributed by atoms with van der Waals surface area (Å²) < 4.78 is 5.91. The van der Waals surface area contributed by atoms with Gasteiger partial charge >= 0.3 is 0 Å². The summed E-state index contributed by atoms with van der Waals surface area (Å²) in [6.07, 6.45) is 8.05. The van der Waals surface area contributed by atoms with Crippen LogP contribution in [0, 0.1) is 0 Å². The largest absolute Gasteiger partial charge is 0.460 e. The van der Waals surface area contributed by atoms with Gasteiger partial charge < -0.3 is 9.32 Å². The van der Waals surface area contributed by atoms with Gasteiger partial charge in [0.1, 0.15) is 11.3 Å². The Morgan fingerprint density at radius 3 is 2.61 bits per heavy atom. The van der Waals surface area contributed by atoms with Gasteiger partial charge in [-0.05, 0) is 29.8 Å². The molecular weight excluding hydrogens is 350 g/mol. The summed E-state index contributed by atoms with van der Waals surface area (Å²) in [5.74, 6) is 0.989. The molecule has 0 radical (unpaired) electrons. The molecule has 1 fully saturated rings. The van der Waals surface area contributed by atoms with Crippen LogP contribution in [0.2, 0.25) is 0 Å². The Hall–Kier alpha value is -2.92. The summed E-state index contributed by atoms with van der Waals surface area (Å²) in [4.78, 5) is 21.0. The maximum absolute atomic E-state index is 12.7. The van der Waals surface area contributed by atoms with Crippen LogP contribution in [-0.2, 0) is 17.8 Å². The van der Waals surface area contributed by atoms with E-state index in [1.54, 1.807) is 6.08 Å². The number of aryl methyl sites for hydroxylation is 1. The SMILES string of the molecule is CCc1oc2ccccc2c1/C=C/C(=O)N1CCN(Cc2ccncc2)CC1. The zero-order valence-electron chi connectivity index (χ0n) is 16.2. The van der Waals surface area contributed by atoms with Crippen molar-refractivity contribution < 1.29 is 9.21 Å². The van der Waals surface area contributed by atoms with Crippen molar-refractivity contribution in [1.29, 1.82) is 0 Å². The predicted octanol–water partition coefficient (Wildman–Crippen LogP) is 3.75. The third-order valence-electron chi connectivity index (χ3n) is 5.26. The Labute approximate surface area is 165 Å². The van der Waals surface area contributed by atoms with Crippen molar-refractivity contribution in [3.63, 3.8) is 0 Å². The topological polar surface area (TPSA) is 49.6 Å². The second-order valence-electron chi connectivity index (χ2n) is 7.08. The summed E-state index contributed by atoms with van der Waals surface area (Å²) in [5.41, 5.74) is 3.15. The van der Waals surface area contributed by atoms with Crippen molar-refractivity contribution in [1.82, 2.24) is 14.8 Å². The van der Waals surface area contributed by atoms with Crippen molar-refractivity contribution in [2.24, 2.45) is 0 Å². The van der Waals surface area contributed by atoms with Crippen LogP contribution in [0.15, 0.2) is 59.3 Å². The Morgan fingerprint density at radius 1 is 1.11 bits per heavy atom. The van der Waals surface area contributed by atoms with E-state index in [0.717, 1.165) is 61.4 Å². The molecule has 5 heteroatoms. The van der Waals surface area contributed by atoms with E-state index in [-0.39, 0.29) is 5.91 Å². The molecule has 0 atom stereocenters. The van der Waals surface area contributed by atoms with Gasteiger partial charge in [0.15, 0.2) is 0 Å². The lowest BCUT2D eigenvalue weighted by atomic mass is 10.1. The highest BCUT2D eigenvalue weighted by molar-refractivity contribution is 5.96. The van der Waals surface area contributed by atoms with E-state index >= 15 is 0 Å². The van der Waals surface area contributed by atoms with Gasteiger partial charge in [-0.25, -0.2) is 0 Å². The highest BCUT2D eigenvalue weighted by atomic mass is 16.3. The highest BCUT2D eigenvalue weighted by Crippen LogP contribution is 2.27. The monoisotopic (exact) mass is 375 g/mol. The number of fused-ring (bicyclic) bond motifs is 1. The first kappa shape index (κ1) is 18.4. The number of para-hydroxylation sites is 1. The second-order valence-corrected chi connectivity index (χ2v) is 7.08. The fourth-order valence-corrected chi connectivity index (χ4v) is 3.69. The number of amides is 1. The van der Waals surface area contributed by atoms with Crippen LogP contribution in [0.3, 0.4) is 0 Å². The normalized spacial score (nSPS) is 15.5. The number of rotatable bonds is 5. The zero-order valence-corrected chi connectivity index (χ0v) is 16.2. The summed E-state index contributed by atoms with van der Waals surface area (Å²) in [5, 5.41) is 1.06. The number of piperazine rings is 1. The minimum absolute atomic E-state index is 0.0656. The van der Waals surface area contributed by atoms with Gasteiger partial charge in [-0.15, -0.1) is 0 Å². The molecule has 1 aliphatic heterocycles. The molecule has 0 N–H and O–H groups in total. The van der Waals surface area contributed by atoms with E-state index in [4.69, 9.17) is 4.42 Å². The van der Waals surface area contributed by atoms with E-state index in [1.165, 1.54) is 5.56 Å². The molecule has 1 aliphatic rings. The van der Waals surface area contributed by atoms with E-state index < -0.39 is 0 Å². The van der Waals surface area contributed by atoms with Gasteiger partial charge in [0.2, 0.25) is 5.91 Å². The Bertz CT molecular complexity index is 970. The fraction of sp³-hybridized carbons (Fsp3) is 0.304. The quantitative estimate of drug-likeness (QED) is 0.638. The van der Waals surface area contributed by atoms with Crippen LogP contribution in [0.25, 0.3) is 17.0 Å². The minimum atomic E-state index is 0.0656. The number of carbonyl (C=O) groups excluding carboxylic acids is 1. The number of furan rings is 1. The minimum Gasteiger partial charge on any atom is -0.460 e. The fourth-order valence-electron chi connectivity index (χ4n) is 3.69. The molecule has 0 aliphatic carbocycles. The Morgan fingerprint density at radius 2 is 1.86 bits per heavy atom. The number of pyridine rings is 1. The molecule has 0 saturated carbocycles. The molecule has 1 amide bonds. The van der Waals surface area contributed by atoms with Crippen LogP contribution in [0.5, 0.6) is 0 Å². The third-order valence-corrected chi connectivity index (χ3v) is 5.26. The zero-order chi connectivity index (χ0) is 19.3. The van der Waals surface area contributed by atoms with E-state index in [2.05, 4.69) is 16.8 Å². The first-order valence-electron chi connectivity index (χ1n) is 9.83. The Balaban J connectivity index is 1.38. The van der Waals surface area contributed by atoms with Crippen LogP contribution >= 0.6 is 0 Å². The summed E-state index contributed by atoms with van der Waals surface area (Å²) in [6, 6.07) is 12.1. The van der Waals surface area contributed by atoms with Crippen molar-refractivity contribution >= 4 is 23.0 Å². The number of hydrogen-bond acceptors (Lipinski definition) is 4. The molecule has 144 valence electrons. The average Bonchev–Trinajstić information content (AvgIpc) is 3.11. The first-order valence-corrected chi connectivity index (χ1v) is 9.83. The molecule has 28 heavy (non-hydrogen) atoms. The van der Waals surface area contributed by atoms with E-state index in [1.807, 2.05) is 59.8 Å². The molecule has 0 unspecified atom stereocenters. The van der Waals surface area contributed by atoms with Crippen molar-refractivity contribution in [3.05, 3.63) is 71.8 Å². The van der Waals surface area contributed by atoms with Crippen molar-refractivity contribution in [2.45, 2.75) is 19.9 Å². The van der Waals surface area contributed by atoms with Crippen molar-refractivity contribution in [2.75, 3.05) is 26.2 Å². The maximum Gasteiger partial charge on any atom is 0.246 e. The summed E-state index contributed by atoms with van der Waals surface area (Å²) in [6.45, 7) is 6.25. The number of aromatic nitrogens is 1. The molecule has 3 heterocycles. The third kappa shape index (κ3) is 3.99. The highest BCUT2D eigenvalue weighted by Gasteiger charge is 2.20. The standard InChI is InChI=1S/C23H25N3O2/c1-2-21-20(19-5-3-4-6-22(19)28-21)7-8-23(27)26-15-13-25(14-16-26)17-18-9-11-24-12-10-18/h3-12H,2,13-17H2,1H3/b8-7+. The summed E-state index contributed by atoms with van der Waals surface area (Å²) >= 11 is 0. The molecule has 0 bridgehead atoms. The van der Waals surface area contributed by atoms with Gasteiger partial charge in [-0.3, -0.25) is 14.7 Å². The summed E-state index contributed by atoms with van der Waals surface area (Å²) in [7, 11) is 0. The van der Waals surface area contributed by atoms with Gasteiger partial charge in [-0.1, -0.05) is 25.1 Å².